The third-order valence-electron chi connectivity index (χ3n) is 4.92. The lowest BCUT2D eigenvalue weighted by molar-refractivity contribution is -0.137. The van der Waals surface area contributed by atoms with Crippen LogP contribution in [-0.4, -0.2) is 35.7 Å². The maximum atomic E-state index is 12.8. The van der Waals surface area contributed by atoms with E-state index in [0.717, 1.165) is 37.1 Å². The Morgan fingerprint density at radius 2 is 2.04 bits per heavy atom. The Hall–Kier alpha value is -1.26. The SMILES string of the molecule is CCCN(CC1CC(c2ccc(Cl)c(Cl)c2)=NO1)C(=O)C1CCCC1. The first-order valence-corrected chi connectivity index (χ1v) is 9.81. The second kappa shape index (κ2) is 8.41. The van der Waals surface area contributed by atoms with Crippen LogP contribution in [0.25, 0.3) is 0 Å². The van der Waals surface area contributed by atoms with Crippen LogP contribution in [0.15, 0.2) is 23.4 Å². The Balaban J connectivity index is 1.61. The summed E-state index contributed by atoms with van der Waals surface area (Å²) in [5.41, 5.74) is 1.77. The molecule has 0 aromatic heterocycles. The topological polar surface area (TPSA) is 41.9 Å². The van der Waals surface area contributed by atoms with E-state index in [0.29, 0.717) is 23.0 Å². The van der Waals surface area contributed by atoms with Gasteiger partial charge in [-0.15, -0.1) is 0 Å². The molecule has 1 aromatic rings. The molecule has 1 amide bonds. The van der Waals surface area contributed by atoms with E-state index in [1.807, 2.05) is 17.0 Å². The first kappa shape index (κ1) is 18.5. The summed E-state index contributed by atoms with van der Waals surface area (Å²) >= 11 is 12.1. The van der Waals surface area contributed by atoms with E-state index in [-0.39, 0.29) is 17.9 Å². The van der Waals surface area contributed by atoms with Gasteiger partial charge in [0.2, 0.25) is 5.91 Å². The third-order valence-corrected chi connectivity index (χ3v) is 5.66. The van der Waals surface area contributed by atoms with Crippen molar-refractivity contribution in [1.29, 1.82) is 0 Å². The standard InChI is InChI=1S/C19H24Cl2N2O2/c1-2-9-23(19(24)13-5-3-4-6-13)12-15-11-18(22-25-15)14-7-8-16(20)17(21)10-14/h7-8,10,13,15H,2-6,9,11-12H2,1H3. The molecule has 1 aromatic carbocycles. The van der Waals surface area contributed by atoms with Crippen LogP contribution >= 0.6 is 23.2 Å². The predicted molar refractivity (Wildman–Crippen MR) is 101 cm³/mol. The van der Waals surface area contributed by atoms with Crippen molar-refractivity contribution in [2.75, 3.05) is 13.1 Å². The normalized spacial score (nSPS) is 20.4. The highest BCUT2D eigenvalue weighted by Gasteiger charge is 2.31. The molecule has 0 bridgehead atoms. The minimum Gasteiger partial charge on any atom is -0.390 e. The van der Waals surface area contributed by atoms with Crippen LogP contribution in [0.4, 0.5) is 0 Å². The Morgan fingerprint density at radius 1 is 1.28 bits per heavy atom. The van der Waals surface area contributed by atoms with Gasteiger partial charge in [-0.1, -0.05) is 54.2 Å². The van der Waals surface area contributed by atoms with Crippen LogP contribution in [0.2, 0.25) is 10.0 Å². The lowest BCUT2D eigenvalue weighted by Crippen LogP contribution is -2.41. The average molecular weight is 383 g/mol. The summed E-state index contributed by atoms with van der Waals surface area (Å²) in [4.78, 5) is 20.3. The minimum atomic E-state index is -0.0960. The zero-order chi connectivity index (χ0) is 17.8. The van der Waals surface area contributed by atoms with Gasteiger partial charge in [-0.05, 0) is 31.4 Å². The molecular formula is C19H24Cl2N2O2. The van der Waals surface area contributed by atoms with E-state index in [4.69, 9.17) is 28.0 Å². The Morgan fingerprint density at radius 3 is 2.72 bits per heavy atom. The van der Waals surface area contributed by atoms with Gasteiger partial charge in [0, 0.05) is 24.4 Å². The summed E-state index contributed by atoms with van der Waals surface area (Å²) in [5, 5.41) is 5.24. The van der Waals surface area contributed by atoms with Gasteiger partial charge in [0.25, 0.3) is 0 Å². The largest absolute Gasteiger partial charge is 0.390 e. The van der Waals surface area contributed by atoms with Gasteiger partial charge in [0.1, 0.15) is 0 Å². The van der Waals surface area contributed by atoms with E-state index < -0.39 is 0 Å². The third kappa shape index (κ3) is 4.48. The Kier molecular flexibility index (Phi) is 6.24. The molecule has 1 fully saturated rings. The second-order valence-corrected chi connectivity index (χ2v) is 7.68. The summed E-state index contributed by atoms with van der Waals surface area (Å²) in [5.74, 6) is 0.481. The van der Waals surface area contributed by atoms with Crippen molar-refractivity contribution < 1.29 is 9.63 Å². The molecular weight excluding hydrogens is 359 g/mol. The highest BCUT2D eigenvalue weighted by atomic mass is 35.5. The molecule has 6 heteroatoms. The van der Waals surface area contributed by atoms with Gasteiger partial charge in [-0.3, -0.25) is 4.79 Å². The maximum Gasteiger partial charge on any atom is 0.225 e. The van der Waals surface area contributed by atoms with Gasteiger partial charge in [-0.25, -0.2) is 0 Å². The number of nitrogens with zero attached hydrogens (tertiary/aromatic N) is 2. The number of hydrogen-bond acceptors (Lipinski definition) is 3. The number of carbonyl (C=O) groups is 1. The number of oxime groups is 1. The number of amides is 1. The first-order valence-electron chi connectivity index (χ1n) is 9.05. The van der Waals surface area contributed by atoms with Crippen LogP contribution in [0.1, 0.15) is 51.0 Å². The van der Waals surface area contributed by atoms with E-state index in [9.17, 15) is 4.79 Å². The van der Waals surface area contributed by atoms with Crippen molar-refractivity contribution >= 4 is 34.8 Å². The molecule has 3 rings (SSSR count). The molecule has 1 aliphatic carbocycles. The number of benzene rings is 1. The van der Waals surface area contributed by atoms with Crippen molar-refractivity contribution in [3.8, 4) is 0 Å². The number of halogens is 2. The fourth-order valence-electron chi connectivity index (χ4n) is 3.61. The van der Waals surface area contributed by atoms with Crippen molar-refractivity contribution in [3.63, 3.8) is 0 Å². The molecule has 2 aliphatic rings. The Labute approximate surface area is 159 Å². The van der Waals surface area contributed by atoms with Crippen LogP contribution in [-0.2, 0) is 9.63 Å². The summed E-state index contributed by atoms with van der Waals surface area (Å²) in [6.07, 6.45) is 5.91. The van der Waals surface area contributed by atoms with Crippen LogP contribution in [0.3, 0.4) is 0 Å². The van der Waals surface area contributed by atoms with Gasteiger partial charge in [0.15, 0.2) is 6.10 Å². The molecule has 0 N–H and O–H groups in total. The predicted octanol–water partition coefficient (Wildman–Crippen LogP) is 4.92. The van der Waals surface area contributed by atoms with Crippen LogP contribution in [0, 0.1) is 5.92 Å². The zero-order valence-corrected chi connectivity index (χ0v) is 16.0. The van der Waals surface area contributed by atoms with Crippen molar-refractivity contribution in [1.82, 2.24) is 4.90 Å². The molecule has 0 saturated heterocycles. The van der Waals surface area contributed by atoms with E-state index in [2.05, 4.69) is 12.1 Å². The van der Waals surface area contributed by atoms with E-state index in [1.54, 1.807) is 6.07 Å². The first-order chi connectivity index (χ1) is 12.1. The van der Waals surface area contributed by atoms with Gasteiger partial charge in [0.05, 0.1) is 22.3 Å². The number of carbonyl (C=O) groups excluding carboxylic acids is 1. The highest BCUT2D eigenvalue weighted by Crippen LogP contribution is 2.28. The van der Waals surface area contributed by atoms with Gasteiger partial charge >= 0.3 is 0 Å². The monoisotopic (exact) mass is 382 g/mol. The molecule has 1 saturated carbocycles. The molecule has 0 radical (unpaired) electrons. The second-order valence-electron chi connectivity index (χ2n) is 6.86. The van der Waals surface area contributed by atoms with E-state index in [1.165, 1.54) is 12.8 Å². The summed E-state index contributed by atoms with van der Waals surface area (Å²) in [7, 11) is 0. The van der Waals surface area contributed by atoms with Gasteiger partial charge in [-0.2, -0.15) is 0 Å². The van der Waals surface area contributed by atoms with Crippen molar-refractivity contribution in [2.24, 2.45) is 11.1 Å². The molecule has 1 atom stereocenters. The summed E-state index contributed by atoms with van der Waals surface area (Å²) in [6, 6.07) is 5.47. The average Bonchev–Trinajstić information content (AvgIpc) is 3.28. The van der Waals surface area contributed by atoms with Gasteiger partial charge < -0.3 is 9.74 Å². The fraction of sp³-hybridized carbons (Fsp3) is 0.579. The molecule has 1 heterocycles. The van der Waals surface area contributed by atoms with Crippen LogP contribution in [0.5, 0.6) is 0 Å². The Bertz CT molecular complexity index is 657. The highest BCUT2D eigenvalue weighted by molar-refractivity contribution is 6.42. The smallest absolute Gasteiger partial charge is 0.225 e. The number of rotatable bonds is 6. The maximum absolute atomic E-state index is 12.8. The molecule has 0 spiro atoms. The molecule has 1 aliphatic heterocycles. The lowest BCUT2D eigenvalue weighted by Gasteiger charge is -2.27. The number of hydrogen-bond donors (Lipinski definition) is 0. The minimum absolute atomic E-state index is 0.0960. The quantitative estimate of drug-likeness (QED) is 0.700. The van der Waals surface area contributed by atoms with Crippen LogP contribution < -0.4 is 0 Å². The lowest BCUT2D eigenvalue weighted by atomic mass is 10.0. The van der Waals surface area contributed by atoms with Crippen molar-refractivity contribution in [2.45, 2.75) is 51.6 Å². The zero-order valence-electron chi connectivity index (χ0n) is 14.5. The summed E-state index contributed by atoms with van der Waals surface area (Å²) in [6.45, 7) is 3.47. The van der Waals surface area contributed by atoms with Crippen molar-refractivity contribution in [3.05, 3.63) is 33.8 Å². The molecule has 1 unspecified atom stereocenters. The summed E-state index contributed by atoms with van der Waals surface area (Å²) < 4.78 is 0. The molecule has 25 heavy (non-hydrogen) atoms. The molecule has 4 nitrogen and oxygen atoms in total. The molecule has 136 valence electrons. The van der Waals surface area contributed by atoms with E-state index >= 15 is 0 Å². The fourth-order valence-corrected chi connectivity index (χ4v) is 3.91.